The van der Waals surface area contributed by atoms with E-state index in [4.69, 9.17) is 9.81 Å². The van der Waals surface area contributed by atoms with Crippen molar-refractivity contribution in [1.29, 1.82) is 0 Å². The molecule has 9 heteroatoms. The van der Waals surface area contributed by atoms with Crippen molar-refractivity contribution >= 4 is 16.1 Å². The number of halogens is 2. The molecule has 0 saturated heterocycles. The van der Waals surface area contributed by atoms with E-state index in [9.17, 15) is 22.0 Å². The molecule has 0 aromatic carbocycles. The lowest BCUT2D eigenvalue weighted by molar-refractivity contribution is -0.248. The van der Waals surface area contributed by atoms with Crippen molar-refractivity contribution in [3.63, 3.8) is 0 Å². The molecule has 0 aromatic rings. The summed E-state index contributed by atoms with van der Waals surface area (Å²) < 4.78 is 50.7. The minimum absolute atomic E-state index is 2.41. The van der Waals surface area contributed by atoms with Crippen molar-refractivity contribution in [3.8, 4) is 0 Å². The third kappa shape index (κ3) is 1.82. The minimum Gasteiger partial charge on any atom is -0.293 e. The van der Waals surface area contributed by atoms with Crippen LogP contribution in [0.1, 0.15) is 0 Å². The summed E-state index contributed by atoms with van der Waals surface area (Å²) in [7, 11) is -5.88. The van der Waals surface area contributed by atoms with E-state index in [1.54, 1.807) is 0 Å². The molecule has 11 heavy (non-hydrogen) atoms. The predicted octanol–water partition coefficient (Wildman–Crippen LogP) is -0.517. The summed E-state index contributed by atoms with van der Waals surface area (Å²) in [6, 6.07) is 0. The summed E-state index contributed by atoms with van der Waals surface area (Å²) >= 11 is 0. The molecule has 0 fully saturated rings. The van der Waals surface area contributed by atoms with Gasteiger partial charge in [-0.25, -0.2) is 4.79 Å². The highest BCUT2D eigenvalue weighted by molar-refractivity contribution is 7.87. The fourth-order valence-corrected chi connectivity index (χ4v) is 0.406. The van der Waals surface area contributed by atoms with Crippen LogP contribution in [0.15, 0.2) is 0 Å². The number of hydrogen-bond donors (Lipinski definition) is 2. The van der Waals surface area contributed by atoms with Crippen LogP contribution in [0.2, 0.25) is 0 Å². The highest BCUT2D eigenvalue weighted by Crippen LogP contribution is 2.21. The van der Waals surface area contributed by atoms with Crippen LogP contribution in [0.25, 0.3) is 0 Å². The molecule has 0 amide bonds. The lowest BCUT2D eigenvalue weighted by Crippen LogP contribution is -2.38. The molecular weight excluding hydrogens is 190 g/mol. The van der Waals surface area contributed by atoms with Gasteiger partial charge in [0.25, 0.3) is 0 Å². The molecular formula is C2H2F2O6S. The zero-order valence-electron chi connectivity index (χ0n) is 4.69. The van der Waals surface area contributed by atoms with E-state index in [0.717, 1.165) is 0 Å². The Kier molecular flexibility index (Phi) is 2.48. The van der Waals surface area contributed by atoms with E-state index in [1.165, 1.54) is 0 Å². The first-order chi connectivity index (χ1) is 4.73. The summed E-state index contributed by atoms with van der Waals surface area (Å²) in [5.41, 5.74) is 0. The van der Waals surface area contributed by atoms with Gasteiger partial charge < -0.3 is 0 Å². The van der Waals surface area contributed by atoms with E-state index in [2.05, 4.69) is 4.89 Å². The molecule has 0 aliphatic carbocycles. The van der Waals surface area contributed by atoms with Crippen LogP contribution < -0.4 is 0 Å². The molecule has 0 atom stereocenters. The fourth-order valence-electron chi connectivity index (χ4n) is 0.158. The first-order valence-corrected chi connectivity index (χ1v) is 3.38. The summed E-state index contributed by atoms with van der Waals surface area (Å²) in [6.07, 6.45) is 0. The molecule has 6 nitrogen and oxygen atoms in total. The lowest BCUT2D eigenvalue weighted by atomic mass is 10.7. The highest BCUT2D eigenvalue weighted by atomic mass is 32.2. The van der Waals surface area contributed by atoms with Gasteiger partial charge in [0.05, 0.1) is 0 Å². The van der Waals surface area contributed by atoms with Crippen LogP contribution in [0.3, 0.4) is 0 Å². The molecule has 2 N–H and O–H groups in total. The van der Waals surface area contributed by atoms with Crippen molar-refractivity contribution < 1.29 is 36.7 Å². The van der Waals surface area contributed by atoms with Gasteiger partial charge in [0.2, 0.25) is 0 Å². The molecule has 66 valence electrons. The van der Waals surface area contributed by atoms with Crippen molar-refractivity contribution in [2.24, 2.45) is 0 Å². The van der Waals surface area contributed by atoms with Crippen LogP contribution >= 0.6 is 0 Å². The van der Waals surface area contributed by atoms with Crippen LogP contribution in [0.4, 0.5) is 8.78 Å². The third-order valence-corrected chi connectivity index (χ3v) is 1.46. The van der Waals surface area contributed by atoms with Crippen LogP contribution in [-0.2, 0) is 19.8 Å². The molecule has 0 aromatic heterocycles. The minimum atomic E-state index is -5.88. The van der Waals surface area contributed by atoms with E-state index in [-0.39, 0.29) is 0 Å². The maximum atomic E-state index is 11.9. The molecule has 0 bridgehead atoms. The summed E-state index contributed by atoms with van der Waals surface area (Å²) in [5, 5.41) is 2.19. The predicted molar refractivity (Wildman–Crippen MR) is 25.2 cm³/mol. The number of carbonyl (C=O) groups is 1. The summed E-state index contributed by atoms with van der Waals surface area (Å²) in [5.74, 6) is -2.76. The van der Waals surface area contributed by atoms with Crippen LogP contribution in [0, 0.1) is 0 Å². The zero-order valence-corrected chi connectivity index (χ0v) is 5.51. The first kappa shape index (κ1) is 10.2. The average Bonchev–Trinajstić information content (AvgIpc) is 1.83. The molecule has 0 aliphatic heterocycles. The van der Waals surface area contributed by atoms with Gasteiger partial charge in [-0.05, 0) is 0 Å². The quantitative estimate of drug-likeness (QED) is 0.347. The Bertz CT molecular complexity index is 254. The number of rotatable bonds is 2. The van der Waals surface area contributed by atoms with Crippen molar-refractivity contribution in [1.82, 2.24) is 0 Å². The summed E-state index contributed by atoms with van der Waals surface area (Å²) in [6.45, 7) is 0. The Morgan fingerprint density at radius 2 is 1.82 bits per heavy atom. The Balaban J connectivity index is 4.90. The van der Waals surface area contributed by atoms with Gasteiger partial charge in [-0.15, -0.1) is 0 Å². The highest BCUT2D eigenvalue weighted by Gasteiger charge is 2.54. The molecule has 0 rings (SSSR count). The maximum Gasteiger partial charge on any atom is 0.469 e. The normalized spacial score (nSPS) is 12.7. The van der Waals surface area contributed by atoms with Gasteiger partial charge in [0.1, 0.15) is 0 Å². The maximum absolute atomic E-state index is 11.9. The molecule has 0 saturated carbocycles. The van der Waals surface area contributed by atoms with Crippen LogP contribution in [-0.4, -0.2) is 29.5 Å². The topological polar surface area (TPSA) is 101 Å². The molecule has 0 radical (unpaired) electrons. The monoisotopic (exact) mass is 192 g/mol. The van der Waals surface area contributed by atoms with Crippen molar-refractivity contribution in [2.45, 2.75) is 5.25 Å². The van der Waals surface area contributed by atoms with E-state index in [0.29, 0.717) is 0 Å². The SMILES string of the molecule is O=C(OO)C(F)(F)S(=O)(=O)O. The number of alkyl halides is 2. The smallest absolute Gasteiger partial charge is 0.293 e. The third-order valence-electron chi connectivity index (χ3n) is 0.645. The second-order valence-electron chi connectivity index (χ2n) is 1.37. The van der Waals surface area contributed by atoms with E-state index >= 15 is 0 Å². The van der Waals surface area contributed by atoms with Crippen molar-refractivity contribution in [2.75, 3.05) is 0 Å². The Morgan fingerprint density at radius 1 is 1.45 bits per heavy atom. The Labute approximate surface area is 59.1 Å². The molecule has 0 heterocycles. The van der Waals surface area contributed by atoms with Gasteiger partial charge >= 0.3 is 21.3 Å². The van der Waals surface area contributed by atoms with Gasteiger partial charge in [0, 0.05) is 0 Å². The van der Waals surface area contributed by atoms with E-state index < -0.39 is 21.3 Å². The summed E-state index contributed by atoms with van der Waals surface area (Å²) in [4.78, 5) is 12.1. The fraction of sp³-hybridized carbons (Fsp3) is 0.500. The van der Waals surface area contributed by atoms with E-state index in [1.807, 2.05) is 0 Å². The number of carbonyl (C=O) groups excluding carboxylic acids is 1. The van der Waals surface area contributed by atoms with Gasteiger partial charge in [-0.1, -0.05) is 0 Å². The second kappa shape index (κ2) is 2.68. The largest absolute Gasteiger partial charge is 0.469 e. The lowest BCUT2D eigenvalue weighted by Gasteiger charge is -2.06. The van der Waals surface area contributed by atoms with Gasteiger partial charge in [0.15, 0.2) is 0 Å². The first-order valence-electron chi connectivity index (χ1n) is 1.94. The van der Waals surface area contributed by atoms with Gasteiger partial charge in [-0.3, -0.25) is 9.44 Å². The second-order valence-corrected chi connectivity index (χ2v) is 2.83. The Morgan fingerprint density at radius 3 is 1.91 bits per heavy atom. The van der Waals surface area contributed by atoms with Crippen molar-refractivity contribution in [3.05, 3.63) is 0 Å². The van der Waals surface area contributed by atoms with Gasteiger partial charge in [-0.2, -0.15) is 22.5 Å². The molecule has 0 spiro atoms. The number of hydrogen-bond acceptors (Lipinski definition) is 5. The Hall–Kier alpha value is -0.800. The van der Waals surface area contributed by atoms with Crippen LogP contribution in [0.5, 0.6) is 0 Å². The molecule has 0 unspecified atom stereocenters. The molecule has 0 aliphatic rings. The average molecular weight is 192 g/mol. The standard InChI is InChI=1S/C2H2F2O6S/c3-2(4,1(5)10-6)11(7,8)9/h6H,(H,7,8,9). The zero-order chi connectivity index (χ0) is 9.28.